The Kier molecular flexibility index (Phi) is 5.54. The first-order valence-corrected chi connectivity index (χ1v) is 3.70. The second kappa shape index (κ2) is 6.19. The van der Waals surface area contributed by atoms with E-state index in [0.29, 0.717) is 0 Å². The predicted octanol–water partition coefficient (Wildman–Crippen LogP) is -0.0128. The molecule has 1 unspecified atom stereocenters. The molecule has 1 N–H and O–H groups in total. The number of ether oxygens (including phenoxy) is 2. The Bertz CT molecular complexity index is 199. The number of rotatable bonds is 5. The molecule has 0 amide bonds. The number of hydrogen-bond acceptors (Lipinski definition) is 5. The van der Waals surface area contributed by atoms with E-state index in [1.807, 2.05) is 0 Å². The molecule has 0 aromatic rings. The molecule has 0 aliphatic heterocycles. The van der Waals surface area contributed by atoms with Crippen molar-refractivity contribution in [3.05, 3.63) is 12.7 Å². The molecule has 0 aromatic carbocycles. The van der Waals surface area contributed by atoms with Crippen LogP contribution in [0.15, 0.2) is 12.7 Å². The SMILES string of the molecule is C=CC(=O)OCCC(O)OC(C)=O. The van der Waals surface area contributed by atoms with Crippen LogP contribution in [-0.2, 0) is 19.1 Å². The fraction of sp³-hybridized carbons (Fsp3) is 0.500. The molecule has 5 nitrogen and oxygen atoms in total. The van der Waals surface area contributed by atoms with Crippen molar-refractivity contribution < 1.29 is 24.2 Å². The number of aliphatic hydroxyl groups is 1. The fourth-order valence-electron chi connectivity index (χ4n) is 0.570. The summed E-state index contributed by atoms with van der Waals surface area (Å²) < 4.78 is 8.90. The van der Waals surface area contributed by atoms with E-state index in [9.17, 15) is 9.59 Å². The van der Waals surface area contributed by atoms with E-state index in [-0.39, 0.29) is 13.0 Å². The molecule has 0 saturated carbocycles. The normalized spacial score (nSPS) is 11.5. The lowest BCUT2D eigenvalue weighted by Gasteiger charge is -2.09. The Morgan fingerprint density at radius 1 is 1.62 bits per heavy atom. The lowest BCUT2D eigenvalue weighted by atomic mass is 10.4. The Morgan fingerprint density at radius 3 is 2.69 bits per heavy atom. The van der Waals surface area contributed by atoms with Crippen LogP contribution in [0.25, 0.3) is 0 Å². The Morgan fingerprint density at radius 2 is 2.23 bits per heavy atom. The van der Waals surface area contributed by atoms with Gasteiger partial charge in [0, 0.05) is 19.4 Å². The van der Waals surface area contributed by atoms with Crippen LogP contribution in [0.5, 0.6) is 0 Å². The van der Waals surface area contributed by atoms with Crippen LogP contribution in [-0.4, -0.2) is 29.9 Å². The monoisotopic (exact) mass is 188 g/mol. The van der Waals surface area contributed by atoms with Crippen LogP contribution in [0.1, 0.15) is 13.3 Å². The van der Waals surface area contributed by atoms with Gasteiger partial charge in [-0.25, -0.2) is 4.79 Å². The second-order valence-corrected chi connectivity index (χ2v) is 2.22. The minimum Gasteiger partial charge on any atom is -0.462 e. The highest BCUT2D eigenvalue weighted by molar-refractivity contribution is 5.81. The van der Waals surface area contributed by atoms with Crippen molar-refractivity contribution in [2.75, 3.05) is 6.61 Å². The van der Waals surface area contributed by atoms with Gasteiger partial charge in [-0.2, -0.15) is 0 Å². The molecule has 1 atom stereocenters. The summed E-state index contributed by atoms with van der Waals surface area (Å²) in [5.41, 5.74) is 0. The van der Waals surface area contributed by atoms with Gasteiger partial charge < -0.3 is 14.6 Å². The molecular formula is C8H12O5. The minimum absolute atomic E-state index is 0.0146. The van der Waals surface area contributed by atoms with Gasteiger partial charge in [-0.1, -0.05) is 6.58 Å². The largest absolute Gasteiger partial charge is 0.462 e. The van der Waals surface area contributed by atoms with Crippen molar-refractivity contribution >= 4 is 11.9 Å². The van der Waals surface area contributed by atoms with Crippen molar-refractivity contribution in [1.82, 2.24) is 0 Å². The molecule has 0 rings (SSSR count). The van der Waals surface area contributed by atoms with Gasteiger partial charge in [0.2, 0.25) is 6.29 Å². The van der Waals surface area contributed by atoms with E-state index in [0.717, 1.165) is 6.08 Å². The molecular weight excluding hydrogens is 176 g/mol. The van der Waals surface area contributed by atoms with Gasteiger partial charge >= 0.3 is 11.9 Å². The van der Waals surface area contributed by atoms with Crippen LogP contribution in [0.3, 0.4) is 0 Å². The smallest absolute Gasteiger partial charge is 0.330 e. The molecule has 5 heteroatoms. The summed E-state index contributed by atoms with van der Waals surface area (Å²) in [6.07, 6.45) is -0.160. The van der Waals surface area contributed by atoms with Crippen LogP contribution >= 0.6 is 0 Å². The molecule has 0 spiro atoms. The van der Waals surface area contributed by atoms with Gasteiger partial charge in [0.05, 0.1) is 6.61 Å². The topological polar surface area (TPSA) is 72.8 Å². The van der Waals surface area contributed by atoms with Crippen molar-refractivity contribution in [2.24, 2.45) is 0 Å². The first-order valence-electron chi connectivity index (χ1n) is 3.70. The zero-order valence-electron chi connectivity index (χ0n) is 7.36. The van der Waals surface area contributed by atoms with Crippen LogP contribution in [0.2, 0.25) is 0 Å². The zero-order valence-corrected chi connectivity index (χ0v) is 7.36. The highest BCUT2D eigenvalue weighted by Gasteiger charge is 2.07. The van der Waals surface area contributed by atoms with Gasteiger partial charge in [0.1, 0.15) is 0 Å². The minimum atomic E-state index is -1.23. The maximum Gasteiger partial charge on any atom is 0.330 e. The number of aliphatic hydroxyl groups excluding tert-OH is 1. The zero-order chi connectivity index (χ0) is 10.3. The summed E-state index contributed by atoms with van der Waals surface area (Å²) in [6, 6.07) is 0. The summed E-state index contributed by atoms with van der Waals surface area (Å²) in [6.45, 7) is 4.35. The van der Waals surface area contributed by atoms with Crippen molar-refractivity contribution in [3.8, 4) is 0 Å². The molecule has 13 heavy (non-hydrogen) atoms. The van der Waals surface area contributed by atoms with Crippen LogP contribution < -0.4 is 0 Å². The lowest BCUT2D eigenvalue weighted by molar-refractivity contribution is -0.168. The van der Waals surface area contributed by atoms with E-state index in [1.165, 1.54) is 6.92 Å². The molecule has 0 fully saturated rings. The van der Waals surface area contributed by atoms with Gasteiger partial charge in [-0.15, -0.1) is 0 Å². The lowest BCUT2D eigenvalue weighted by Crippen LogP contribution is -2.18. The molecule has 0 bridgehead atoms. The van der Waals surface area contributed by atoms with Crippen LogP contribution in [0, 0.1) is 0 Å². The first-order chi connectivity index (χ1) is 6.06. The molecule has 74 valence electrons. The van der Waals surface area contributed by atoms with Crippen molar-refractivity contribution in [3.63, 3.8) is 0 Å². The average molecular weight is 188 g/mol. The number of carbonyl (C=O) groups excluding carboxylic acids is 2. The predicted molar refractivity (Wildman–Crippen MR) is 43.5 cm³/mol. The summed E-state index contributed by atoms with van der Waals surface area (Å²) in [5, 5.41) is 8.94. The van der Waals surface area contributed by atoms with Crippen LogP contribution in [0.4, 0.5) is 0 Å². The Labute approximate surface area is 75.9 Å². The highest BCUT2D eigenvalue weighted by Crippen LogP contribution is 1.95. The standard InChI is InChI=1S/C8H12O5/c1-3-7(10)12-5-4-8(11)13-6(2)9/h3,8,11H,1,4-5H2,2H3. The van der Waals surface area contributed by atoms with E-state index in [2.05, 4.69) is 16.1 Å². The number of carbonyl (C=O) groups is 2. The second-order valence-electron chi connectivity index (χ2n) is 2.22. The third-order valence-corrected chi connectivity index (χ3v) is 1.08. The summed E-state index contributed by atoms with van der Waals surface area (Å²) >= 11 is 0. The highest BCUT2D eigenvalue weighted by atomic mass is 16.6. The molecule has 0 aromatic heterocycles. The molecule has 0 aliphatic carbocycles. The maximum absolute atomic E-state index is 10.5. The molecule has 0 saturated heterocycles. The van der Waals surface area contributed by atoms with Gasteiger partial charge in [0.25, 0.3) is 0 Å². The third-order valence-electron chi connectivity index (χ3n) is 1.08. The van der Waals surface area contributed by atoms with Crippen molar-refractivity contribution in [2.45, 2.75) is 19.6 Å². The van der Waals surface area contributed by atoms with E-state index in [4.69, 9.17) is 5.11 Å². The summed E-state index contributed by atoms with van der Waals surface area (Å²) in [5.74, 6) is -1.16. The Balaban J connectivity index is 3.47. The van der Waals surface area contributed by atoms with Gasteiger partial charge in [0.15, 0.2) is 0 Å². The fourth-order valence-corrected chi connectivity index (χ4v) is 0.570. The summed E-state index contributed by atoms with van der Waals surface area (Å²) in [4.78, 5) is 20.8. The summed E-state index contributed by atoms with van der Waals surface area (Å²) in [7, 11) is 0. The number of hydrogen-bond donors (Lipinski definition) is 1. The number of esters is 2. The maximum atomic E-state index is 10.5. The van der Waals surface area contributed by atoms with Crippen molar-refractivity contribution in [1.29, 1.82) is 0 Å². The Hall–Kier alpha value is -1.36. The molecule has 0 radical (unpaired) electrons. The molecule has 0 aliphatic rings. The van der Waals surface area contributed by atoms with Gasteiger partial charge in [-0.3, -0.25) is 4.79 Å². The average Bonchev–Trinajstić information content (AvgIpc) is 2.02. The third kappa shape index (κ3) is 7.02. The van der Waals surface area contributed by atoms with E-state index in [1.54, 1.807) is 0 Å². The van der Waals surface area contributed by atoms with E-state index >= 15 is 0 Å². The quantitative estimate of drug-likeness (QED) is 0.373. The van der Waals surface area contributed by atoms with Gasteiger partial charge in [-0.05, 0) is 0 Å². The first kappa shape index (κ1) is 11.6. The van der Waals surface area contributed by atoms with E-state index < -0.39 is 18.2 Å². The molecule has 0 heterocycles.